The van der Waals surface area contributed by atoms with Gasteiger partial charge in [-0.25, -0.2) is 0 Å². The van der Waals surface area contributed by atoms with Crippen molar-refractivity contribution in [2.45, 2.75) is 163 Å². The Morgan fingerprint density at radius 3 is 1.81 bits per heavy atom. The standard InChI is InChI=1S/C53H65BN2O/c1-31(2)34-16-21-40-39(29-34)54-45-42(55(40)36-19-17-35(18-20-36)49(5,6)7)26-32(3)27-43(45)56(48-46(54)44-47(57-48)53(14,15)25-24-52(44,12)13)41-30-38-37(28-33(41)4)50(8,9)22-23-51(38,10)11/h16-21,26-31H,22-25H2,1-15H3. The average Bonchev–Trinajstić information content (AvgIpc) is 3.55. The lowest BCUT2D eigenvalue weighted by Gasteiger charge is -2.45. The summed E-state index contributed by atoms with van der Waals surface area (Å²) >= 11 is 0. The maximum absolute atomic E-state index is 7.59. The first-order valence-electron chi connectivity index (χ1n) is 21.8. The molecule has 57 heavy (non-hydrogen) atoms. The zero-order chi connectivity index (χ0) is 40.9. The smallest absolute Gasteiger partial charge is 0.256 e. The summed E-state index contributed by atoms with van der Waals surface area (Å²) in [5, 5.41) is 0. The minimum absolute atomic E-state index is 0.0367. The maximum atomic E-state index is 7.59. The molecule has 5 aromatic rings. The number of anilines is 6. The Bertz CT molecular complexity index is 2470. The molecule has 3 nitrogen and oxygen atoms in total. The lowest BCUT2D eigenvalue weighted by Crippen LogP contribution is -2.62. The number of furan rings is 1. The second kappa shape index (κ2) is 12.2. The number of aryl methyl sites for hydroxylation is 2. The molecule has 4 aromatic carbocycles. The molecule has 0 unspecified atom stereocenters. The van der Waals surface area contributed by atoms with Crippen LogP contribution in [0.4, 0.5) is 34.3 Å². The fraction of sp³-hybridized carbons (Fsp3) is 0.472. The molecule has 0 fully saturated rings. The van der Waals surface area contributed by atoms with Crippen LogP contribution in [-0.4, -0.2) is 6.71 Å². The summed E-state index contributed by atoms with van der Waals surface area (Å²) < 4.78 is 7.59. The van der Waals surface area contributed by atoms with Crippen molar-refractivity contribution in [1.82, 2.24) is 0 Å². The molecule has 9 rings (SSSR count). The van der Waals surface area contributed by atoms with Crippen LogP contribution in [0.25, 0.3) is 0 Å². The van der Waals surface area contributed by atoms with Crippen molar-refractivity contribution in [2.24, 2.45) is 0 Å². The van der Waals surface area contributed by atoms with Gasteiger partial charge in [-0.1, -0.05) is 120 Å². The Kier molecular flexibility index (Phi) is 8.20. The van der Waals surface area contributed by atoms with Gasteiger partial charge >= 0.3 is 0 Å². The number of rotatable bonds is 3. The number of fused-ring (bicyclic) bond motifs is 7. The molecule has 0 N–H and O–H groups in total. The quantitative estimate of drug-likeness (QED) is 0.167. The summed E-state index contributed by atoms with van der Waals surface area (Å²) in [6.45, 7) is 35.8. The predicted molar refractivity (Wildman–Crippen MR) is 246 cm³/mol. The zero-order valence-electron chi connectivity index (χ0n) is 37.6. The van der Waals surface area contributed by atoms with Crippen LogP contribution in [0.3, 0.4) is 0 Å². The average molecular weight is 757 g/mol. The van der Waals surface area contributed by atoms with Crippen LogP contribution in [0.15, 0.2) is 71.1 Å². The van der Waals surface area contributed by atoms with Crippen LogP contribution in [0.2, 0.25) is 0 Å². The lowest BCUT2D eigenvalue weighted by molar-refractivity contribution is 0.280. The largest absolute Gasteiger partial charge is 0.444 e. The third-order valence-corrected chi connectivity index (χ3v) is 14.8. The fourth-order valence-corrected chi connectivity index (χ4v) is 10.9. The molecule has 3 heterocycles. The molecular formula is C53H65BN2O. The zero-order valence-corrected chi connectivity index (χ0v) is 37.6. The summed E-state index contributed by atoms with van der Waals surface area (Å²) in [6.07, 6.45) is 4.62. The Balaban J connectivity index is 1.42. The third-order valence-electron chi connectivity index (χ3n) is 14.8. The SMILES string of the molecule is Cc1cc2c3c(c1)N(c1cc4c(cc1C)C(C)(C)CCC4(C)C)c1oc4c(c1B3c1cc(C(C)C)ccc1N2c1ccc(C(C)(C)C)cc1)C(C)(C)CCC4(C)C. The fourth-order valence-electron chi connectivity index (χ4n) is 10.9. The van der Waals surface area contributed by atoms with Gasteiger partial charge in [-0.2, -0.15) is 0 Å². The van der Waals surface area contributed by atoms with E-state index in [2.05, 4.69) is 180 Å². The van der Waals surface area contributed by atoms with Gasteiger partial charge in [-0.15, -0.1) is 0 Å². The van der Waals surface area contributed by atoms with Crippen LogP contribution in [-0.2, 0) is 27.1 Å². The van der Waals surface area contributed by atoms with E-state index >= 15 is 0 Å². The van der Waals surface area contributed by atoms with Crippen molar-refractivity contribution < 1.29 is 4.42 Å². The van der Waals surface area contributed by atoms with Crippen LogP contribution in [0.5, 0.6) is 0 Å². The highest BCUT2D eigenvalue weighted by Crippen LogP contribution is 2.55. The number of hydrogen-bond donors (Lipinski definition) is 0. The van der Waals surface area contributed by atoms with E-state index in [1.165, 1.54) is 102 Å². The number of benzene rings is 4. The first-order valence-corrected chi connectivity index (χ1v) is 21.8. The highest BCUT2D eigenvalue weighted by Gasteiger charge is 2.53. The van der Waals surface area contributed by atoms with Gasteiger partial charge in [0, 0.05) is 28.2 Å². The minimum atomic E-state index is -0.0756. The summed E-state index contributed by atoms with van der Waals surface area (Å²) in [6, 6.07) is 26.7. The van der Waals surface area contributed by atoms with Crippen LogP contribution in [0, 0.1) is 13.8 Å². The molecule has 0 saturated carbocycles. The molecule has 0 saturated heterocycles. The summed E-state index contributed by atoms with van der Waals surface area (Å²) in [5.74, 6) is 2.61. The first-order chi connectivity index (χ1) is 26.5. The van der Waals surface area contributed by atoms with Crippen molar-refractivity contribution in [1.29, 1.82) is 0 Å². The third kappa shape index (κ3) is 5.66. The Morgan fingerprint density at radius 2 is 1.19 bits per heavy atom. The Hall–Kier alpha value is -4.18. The van der Waals surface area contributed by atoms with Gasteiger partial charge in [0.05, 0.1) is 5.69 Å². The number of nitrogens with zero attached hydrogens (tertiary/aromatic N) is 2. The Labute approximate surface area is 344 Å². The van der Waals surface area contributed by atoms with Crippen LogP contribution < -0.4 is 26.2 Å². The van der Waals surface area contributed by atoms with E-state index in [1.54, 1.807) is 0 Å². The summed E-state index contributed by atoms with van der Waals surface area (Å²) in [7, 11) is 0. The van der Waals surface area contributed by atoms with E-state index in [-0.39, 0.29) is 33.8 Å². The van der Waals surface area contributed by atoms with Gasteiger partial charge in [-0.3, -0.25) is 4.90 Å². The molecule has 0 spiro atoms. The van der Waals surface area contributed by atoms with Crippen molar-refractivity contribution in [2.75, 3.05) is 9.80 Å². The minimum Gasteiger partial charge on any atom is -0.444 e. The topological polar surface area (TPSA) is 19.6 Å². The van der Waals surface area contributed by atoms with Gasteiger partial charge in [0.25, 0.3) is 6.71 Å². The molecular weight excluding hydrogens is 691 g/mol. The molecule has 1 aromatic heterocycles. The van der Waals surface area contributed by atoms with E-state index in [9.17, 15) is 0 Å². The van der Waals surface area contributed by atoms with Crippen LogP contribution in [0.1, 0.15) is 166 Å². The van der Waals surface area contributed by atoms with E-state index in [4.69, 9.17) is 4.42 Å². The normalized spacial score (nSPS) is 19.5. The van der Waals surface area contributed by atoms with Gasteiger partial charge in [-0.05, 0) is 159 Å². The van der Waals surface area contributed by atoms with Gasteiger partial charge in [0.15, 0.2) is 5.88 Å². The van der Waals surface area contributed by atoms with Gasteiger partial charge in [0.2, 0.25) is 0 Å². The van der Waals surface area contributed by atoms with E-state index in [0.717, 1.165) is 18.7 Å². The highest BCUT2D eigenvalue weighted by molar-refractivity contribution is 7.00. The number of hydrogen-bond acceptors (Lipinski definition) is 3. The molecule has 2 aliphatic carbocycles. The van der Waals surface area contributed by atoms with Crippen molar-refractivity contribution >= 4 is 57.4 Å². The van der Waals surface area contributed by atoms with Crippen molar-refractivity contribution in [3.05, 3.63) is 111 Å². The molecule has 0 bridgehead atoms. The van der Waals surface area contributed by atoms with Gasteiger partial charge < -0.3 is 9.32 Å². The van der Waals surface area contributed by atoms with Crippen molar-refractivity contribution in [3.8, 4) is 0 Å². The summed E-state index contributed by atoms with van der Waals surface area (Å²) in [4.78, 5) is 5.15. The molecule has 296 valence electrons. The van der Waals surface area contributed by atoms with E-state index in [1.807, 2.05) is 0 Å². The predicted octanol–water partition coefficient (Wildman–Crippen LogP) is 13.1. The molecule has 4 heteroatoms. The highest BCUT2D eigenvalue weighted by atomic mass is 16.4. The molecule has 4 aliphatic rings. The molecule has 2 aliphatic heterocycles. The lowest BCUT2D eigenvalue weighted by atomic mass is 9.32. The second-order valence-corrected chi connectivity index (χ2v) is 22.3. The monoisotopic (exact) mass is 757 g/mol. The first kappa shape index (κ1) is 38.3. The molecule has 0 atom stereocenters. The molecule has 0 amide bonds. The van der Waals surface area contributed by atoms with E-state index < -0.39 is 0 Å². The maximum Gasteiger partial charge on any atom is 0.256 e. The van der Waals surface area contributed by atoms with Gasteiger partial charge in [0.1, 0.15) is 5.76 Å². The Morgan fingerprint density at radius 1 is 0.614 bits per heavy atom. The van der Waals surface area contributed by atoms with E-state index in [0.29, 0.717) is 5.92 Å². The van der Waals surface area contributed by atoms with Crippen molar-refractivity contribution in [3.63, 3.8) is 0 Å². The molecule has 0 radical (unpaired) electrons. The van der Waals surface area contributed by atoms with Crippen LogP contribution >= 0.6 is 0 Å². The second-order valence-electron chi connectivity index (χ2n) is 22.3. The summed E-state index contributed by atoms with van der Waals surface area (Å²) in [5.41, 5.74) is 20.3.